The fourth-order valence-corrected chi connectivity index (χ4v) is 6.41. The van der Waals surface area contributed by atoms with E-state index in [9.17, 15) is 9.90 Å². The standard InChI is InChI=1S/C32H31BrN2O4/c1-18-17-32(2,3)34-23-10-9-22-28(27(18)23)26(39-25-12-11-24(36)30(38-4)29(22)25)16-19-15-20(33)7-8-21(19)31(37)35-13-5-6-14-35/h7-12,15-17,34,36H,5-6,13-14H2,1-4H3/b26-16-. The lowest BCUT2D eigenvalue weighted by atomic mass is 9.82. The Bertz CT molecular complexity index is 1580. The average Bonchev–Trinajstić information content (AvgIpc) is 3.43. The van der Waals surface area contributed by atoms with E-state index >= 15 is 0 Å². The second kappa shape index (κ2) is 9.49. The Morgan fingerprint density at radius 2 is 1.87 bits per heavy atom. The fraction of sp³-hybridized carbons (Fsp3) is 0.281. The van der Waals surface area contributed by atoms with Crippen molar-refractivity contribution in [3.63, 3.8) is 0 Å². The van der Waals surface area contributed by atoms with Crippen molar-refractivity contribution in [2.75, 3.05) is 25.5 Å². The number of halogens is 1. The molecule has 200 valence electrons. The fourth-order valence-electron chi connectivity index (χ4n) is 6.03. The molecule has 3 aliphatic heterocycles. The van der Waals surface area contributed by atoms with E-state index < -0.39 is 0 Å². The minimum Gasteiger partial charge on any atom is -0.504 e. The van der Waals surface area contributed by atoms with Crippen LogP contribution in [0.2, 0.25) is 0 Å². The molecule has 1 amide bonds. The summed E-state index contributed by atoms with van der Waals surface area (Å²) in [6.45, 7) is 7.94. The van der Waals surface area contributed by atoms with E-state index in [-0.39, 0.29) is 17.2 Å². The van der Waals surface area contributed by atoms with E-state index in [1.165, 1.54) is 0 Å². The second-order valence-electron chi connectivity index (χ2n) is 10.9. The highest BCUT2D eigenvalue weighted by Crippen LogP contribution is 2.54. The Kier molecular flexibility index (Phi) is 6.22. The number of carbonyl (C=O) groups is 1. The van der Waals surface area contributed by atoms with Gasteiger partial charge in [-0.1, -0.05) is 28.1 Å². The van der Waals surface area contributed by atoms with E-state index in [0.29, 0.717) is 28.4 Å². The number of amides is 1. The van der Waals surface area contributed by atoms with Gasteiger partial charge in [-0.05, 0) is 87.2 Å². The zero-order valence-electron chi connectivity index (χ0n) is 22.5. The van der Waals surface area contributed by atoms with Crippen LogP contribution in [0, 0.1) is 0 Å². The Morgan fingerprint density at radius 3 is 2.62 bits per heavy atom. The first-order chi connectivity index (χ1) is 18.7. The van der Waals surface area contributed by atoms with Gasteiger partial charge in [0.25, 0.3) is 5.91 Å². The molecule has 3 aromatic rings. The number of rotatable bonds is 3. The van der Waals surface area contributed by atoms with Crippen LogP contribution in [0.1, 0.15) is 60.7 Å². The summed E-state index contributed by atoms with van der Waals surface area (Å²) in [7, 11) is 1.55. The van der Waals surface area contributed by atoms with Crippen molar-refractivity contribution in [3.8, 4) is 28.4 Å². The van der Waals surface area contributed by atoms with Crippen molar-refractivity contribution in [1.82, 2.24) is 4.90 Å². The molecular formula is C32H31BrN2O4. The molecule has 0 unspecified atom stereocenters. The zero-order chi connectivity index (χ0) is 27.5. The summed E-state index contributed by atoms with van der Waals surface area (Å²) in [6.07, 6.45) is 6.23. The van der Waals surface area contributed by atoms with Gasteiger partial charge in [0, 0.05) is 45.5 Å². The Labute approximate surface area is 237 Å². The molecule has 0 spiro atoms. The third kappa shape index (κ3) is 4.39. The van der Waals surface area contributed by atoms with Crippen LogP contribution in [0.5, 0.6) is 17.2 Å². The van der Waals surface area contributed by atoms with Gasteiger partial charge < -0.3 is 24.8 Å². The molecule has 3 aromatic carbocycles. The lowest BCUT2D eigenvalue weighted by Crippen LogP contribution is -2.32. The third-order valence-electron chi connectivity index (χ3n) is 7.60. The van der Waals surface area contributed by atoms with Gasteiger partial charge in [-0.15, -0.1) is 0 Å². The molecule has 0 bridgehead atoms. The van der Waals surface area contributed by atoms with Crippen molar-refractivity contribution >= 4 is 44.9 Å². The van der Waals surface area contributed by atoms with Crippen LogP contribution in [0.4, 0.5) is 5.69 Å². The van der Waals surface area contributed by atoms with Crippen molar-refractivity contribution in [2.45, 2.75) is 39.2 Å². The summed E-state index contributed by atoms with van der Waals surface area (Å²) in [5.41, 5.74) is 6.83. The smallest absolute Gasteiger partial charge is 0.254 e. The lowest BCUT2D eigenvalue weighted by Gasteiger charge is -2.35. The maximum Gasteiger partial charge on any atom is 0.254 e. The molecule has 3 aliphatic rings. The second-order valence-corrected chi connectivity index (χ2v) is 11.8. The highest BCUT2D eigenvalue weighted by molar-refractivity contribution is 9.10. The van der Waals surface area contributed by atoms with Gasteiger partial charge in [0.1, 0.15) is 11.5 Å². The van der Waals surface area contributed by atoms with Crippen LogP contribution in [-0.4, -0.2) is 41.7 Å². The van der Waals surface area contributed by atoms with Gasteiger partial charge in [-0.3, -0.25) is 4.79 Å². The molecule has 1 saturated heterocycles. The third-order valence-corrected chi connectivity index (χ3v) is 8.09. The SMILES string of the molecule is COc1c(O)ccc2c1-c1ccc3c(c1/C(=C/c1cc(Br)ccc1C(=O)N1CCCC1)O2)C(C)=CC(C)(C)N3. The van der Waals surface area contributed by atoms with Gasteiger partial charge in [0.05, 0.1) is 18.2 Å². The Morgan fingerprint density at radius 1 is 1.10 bits per heavy atom. The first-order valence-corrected chi connectivity index (χ1v) is 14.0. The van der Waals surface area contributed by atoms with Crippen molar-refractivity contribution < 1.29 is 19.4 Å². The molecule has 39 heavy (non-hydrogen) atoms. The zero-order valence-corrected chi connectivity index (χ0v) is 24.1. The molecule has 1 fully saturated rings. The number of allylic oxidation sites excluding steroid dienone is 1. The van der Waals surface area contributed by atoms with Crippen LogP contribution in [0.15, 0.2) is 53.0 Å². The average molecular weight is 588 g/mol. The number of benzene rings is 3. The summed E-state index contributed by atoms with van der Waals surface area (Å²) in [6, 6.07) is 13.2. The number of hydrogen-bond donors (Lipinski definition) is 2. The van der Waals surface area contributed by atoms with Gasteiger partial charge >= 0.3 is 0 Å². The largest absolute Gasteiger partial charge is 0.504 e. The molecule has 7 heteroatoms. The van der Waals surface area contributed by atoms with Crippen LogP contribution < -0.4 is 14.8 Å². The number of carbonyl (C=O) groups excluding carboxylic acids is 1. The quantitative estimate of drug-likeness (QED) is 0.331. The van der Waals surface area contributed by atoms with Crippen molar-refractivity contribution in [2.24, 2.45) is 0 Å². The molecule has 6 nitrogen and oxygen atoms in total. The first-order valence-electron chi connectivity index (χ1n) is 13.2. The van der Waals surface area contributed by atoms with Crippen LogP contribution >= 0.6 is 15.9 Å². The number of phenolic OH excluding ortho intramolecular Hbond substituents is 1. The molecule has 3 heterocycles. The molecular weight excluding hydrogens is 556 g/mol. The first kappa shape index (κ1) is 25.6. The number of likely N-dealkylation sites (tertiary alicyclic amines) is 1. The Balaban J connectivity index is 1.61. The predicted octanol–water partition coefficient (Wildman–Crippen LogP) is 7.56. The summed E-state index contributed by atoms with van der Waals surface area (Å²) in [4.78, 5) is 15.4. The highest BCUT2D eigenvalue weighted by Gasteiger charge is 2.34. The van der Waals surface area contributed by atoms with Gasteiger partial charge in [0.2, 0.25) is 0 Å². The van der Waals surface area contributed by atoms with Crippen molar-refractivity contribution in [3.05, 3.63) is 75.3 Å². The van der Waals surface area contributed by atoms with Gasteiger partial charge in [-0.2, -0.15) is 0 Å². The van der Waals surface area contributed by atoms with Crippen molar-refractivity contribution in [1.29, 1.82) is 0 Å². The minimum absolute atomic E-state index is 0.0319. The number of methoxy groups -OCH3 is 1. The van der Waals surface area contributed by atoms with E-state index in [2.05, 4.69) is 54.2 Å². The summed E-state index contributed by atoms with van der Waals surface area (Å²) < 4.78 is 13.1. The van der Waals surface area contributed by atoms with Gasteiger partial charge in [0.15, 0.2) is 11.5 Å². The maximum atomic E-state index is 13.5. The van der Waals surface area contributed by atoms with E-state index in [0.717, 1.165) is 63.9 Å². The Hall–Kier alpha value is -3.71. The summed E-state index contributed by atoms with van der Waals surface area (Å²) >= 11 is 3.60. The number of aromatic hydroxyl groups is 1. The number of nitrogens with one attached hydrogen (secondary N) is 1. The van der Waals surface area contributed by atoms with Crippen LogP contribution in [0.25, 0.3) is 28.5 Å². The molecule has 0 saturated carbocycles. The van der Waals surface area contributed by atoms with E-state index in [1.54, 1.807) is 19.2 Å². The summed E-state index contributed by atoms with van der Waals surface area (Å²) in [5, 5.41) is 14.3. The highest BCUT2D eigenvalue weighted by atomic mass is 79.9. The molecule has 0 radical (unpaired) electrons. The number of anilines is 1. The van der Waals surface area contributed by atoms with Gasteiger partial charge in [-0.25, -0.2) is 0 Å². The molecule has 2 N–H and O–H groups in total. The molecule has 0 aromatic heterocycles. The van der Waals surface area contributed by atoms with E-state index in [4.69, 9.17) is 9.47 Å². The number of nitrogens with zero attached hydrogens (tertiary/aromatic N) is 1. The predicted molar refractivity (Wildman–Crippen MR) is 159 cm³/mol. The molecule has 0 aliphatic carbocycles. The number of ether oxygens (including phenoxy) is 2. The topological polar surface area (TPSA) is 71.0 Å². The number of hydrogen-bond acceptors (Lipinski definition) is 5. The van der Waals surface area contributed by atoms with E-state index in [1.807, 2.05) is 35.2 Å². The lowest BCUT2D eigenvalue weighted by molar-refractivity contribution is 0.0792. The normalized spacial score (nSPS) is 17.9. The maximum absolute atomic E-state index is 13.5. The number of fused-ring (bicyclic) bond motifs is 5. The molecule has 6 rings (SSSR count). The summed E-state index contributed by atoms with van der Waals surface area (Å²) in [5.74, 6) is 1.66. The number of phenols is 1. The minimum atomic E-state index is -0.210. The van der Waals surface area contributed by atoms with Crippen LogP contribution in [-0.2, 0) is 0 Å². The van der Waals surface area contributed by atoms with Crippen LogP contribution in [0.3, 0.4) is 0 Å². The monoisotopic (exact) mass is 586 g/mol. The molecule has 0 atom stereocenters.